The van der Waals surface area contributed by atoms with Crippen molar-refractivity contribution in [2.24, 2.45) is 5.73 Å². The molecule has 0 atom stereocenters. The Morgan fingerprint density at radius 1 is 1.04 bits per heavy atom. The lowest BCUT2D eigenvalue weighted by Gasteiger charge is -2.28. The van der Waals surface area contributed by atoms with E-state index in [4.69, 9.17) is 10.5 Å². The number of hydrogen-bond donors (Lipinski definition) is 1. The van der Waals surface area contributed by atoms with Crippen LogP contribution in [0.2, 0.25) is 0 Å². The fraction of sp³-hybridized carbons (Fsp3) is 0.350. The van der Waals surface area contributed by atoms with E-state index in [0.717, 1.165) is 32.7 Å². The van der Waals surface area contributed by atoms with Gasteiger partial charge >= 0.3 is 0 Å². The summed E-state index contributed by atoms with van der Waals surface area (Å²) < 4.78 is 5.40. The molecule has 0 bridgehead atoms. The summed E-state index contributed by atoms with van der Waals surface area (Å²) in [6, 6.07) is 17.1. The largest absolute Gasteiger partial charge is 0.378 e. The van der Waals surface area contributed by atoms with Gasteiger partial charge in [-0.05, 0) is 35.2 Å². The van der Waals surface area contributed by atoms with Crippen LogP contribution in [0.5, 0.6) is 0 Å². The van der Waals surface area contributed by atoms with Crippen molar-refractivity contribution in [3.63, 3.8) is 0 Å². The number of Topliss-reactive ketones (excluding diaryl/α,β-unsaturated/α-hetero) is 1. The minimum atomic E-state index is 0.107. The average molecular weight is 324 g/mol. The van der Waals surface area contributed by atoms with Crippen molar-refractivity contribution in [3.05, 3.63) is 54.1 Å². The number of morpholine rings is 1. The normalized spacial score (nSPS) is 14.6. The number of aryl methyl sites for hydroxylation is 1. The van der Waals surface area contributed by atoms with Gasteiger partial charge < -0.3 is 15.4 Å². The van der Waals surface area contributed by atoms with Crippen LogP contribution in [0.15, 0.2) is 48.5 Å². The van der Waals surface area contributed by atoms with Crippen molar-refractivity contribution in [2.75, 3.05) is 37.7 Å². The molecule has 1 aliphatic rings. The highest BCUT2D eigenvalue weighted by molar-refractivity contribution is 5.80. The molecule has 0 spiro atoms. The lowest BCUT2D eigenvalue weighted by Crippen LogP contribution is -2.36. The molecule has 24 heavy (non-hydrogen) atoms. The van der Waals surface area contributed by atoms with E-state index in [1.165, 1.54) is 22.4 Å². The molecule has 1 saturated heterocycles. The molecule has 0 amide bonds. The number of hydrogen-bond acceptors (Lipinski definition) is 4. The Labute approximate surface area is 143 Å². The molecule has 2 aromatic rings. The van der Waals surface area contributed by atoms with Gasteiger partial charge in [0.25, 0.3) is 0 Å². The number of ether oxygens (including phenoxy) is 1. The van der Waals surface area contributed by atoms with Crippen molar-refractivity contribution in [1.82, 2.24) is 0 Å². The summed E-state index contributed by atoms with van der Waals surface area (Å²) in [5, 5.41) is 0. The predicted octanol–water partition coefficient (Wildman–Crippen LogP) is 2.65. The van der Waals surface area contributed by atoms with Gasteiger partial charge in [-0.15, -0.1) is 0 Å². The second-order valence-electron chi connectivity index (χ2n) is 6.09. The summed E-state index contributed by atoms with van der Waals surface area (Å²) >= 11 is 0. The molecule has 3 rings (SSSR count). The fourth-order valence-corrected chi connectivity index (χ4v) is 2.98. The monoisotopic (exact) mass is 324 g/mol. The molecule has 1 heterocycles. The standard InChI is InChI=1S/C20H24N2O2/c21-15-20(23)9-4-16-2-1-3-18(14-16)17-5-7-19(8-6-17)22-10-12-24-13-11-22/h1-3,5-8,14H,4,9-13,15,21H2. The highest BCUT2D eigenvalue weighted by Gasteiger charge is 2.11. The Bertz CT molecular complexity index is 676. The zero-order valence-electron chi connectivity index (χ0n) is 13.9. The van der Waals surface area contributed by atoms with E-state index >= 15 is 0 Å². The quantitative estimate of drug-likeness (QED) is 0.887. The molecular weight excluding hydrogens is 300 g/mol. The van der Waals surface area contributed by atoms with Crippen molar-refractivity contribution < 1.29 is 9.53 Å². The van der Waals surface area contributed by atoms with Crippen molar-refractivity contribution >= 4 is 11.5 Å². The van der Waals surface area contributed by atoms with E-state index in [2.05, 4.69) is 47.4 Å². The van der Waals surface area contributed by atoms with Crippen LogP contribution >= 0.6 is 0 Å². The molecule has 2 N–H and O–H groups in total. The number of benzene rings is 2. The summed E-state index contributed by atoms with van der Waals surface area (Å²) in [5.41, 5.74) is 10.2. The van der Waals surface area contributed by atoms with Crippen LogP contribution in [0.25, 0.3) is 11.1 Å². The van der Waals surface area contributed by atoms with Crippen molar-refractivity contribution in [3.8, 4) is 11.1 Å². The summed E-state index contributed by atoms with van der Waals surface area (Å²) in [5.74, 6) is 0.107. The minimum absolute atomic E-state index is 0.107. The maximum absolute atomic E-state index is 11.4. The van der Waals surface area contributed by atoms with Crippen molar-refractivity contribution in [2.45, 2.75) is 12.8 Å². The number of nitrogens with zero attached hydrogens (tertiary/aromatic N) is 1. The van der Waals surface area contributed by atoms with E-state index in [0.29, 0.717) is 6.42 Å². The molecule has 126 valence electrons. The first-order valence-corrected chi connectivity index (χ1v) is 8.50. The molecule has 4 heteroatoms. The Hall–Kier alpha value is -2.17. The number of carbonyl (C=O) groups excluding carboxylic acids is 1. The summed E-state index contributed by atoms with van der Waals surface area (Å²) in [6.07, 6.45) is 1.26. The first-order chi connectivity index (χ1) is 11.8. The topological polar surface area (TPSA) is 55.6 Å². The number of nitrogens with two attached hydrogens (primary N) is 1. The van der Waals surface area contributed by atoms with Gasteiger partial charge in [0.1, 0.15) is 5.78 Å². The van der Waals surface area contributed by atoms with Crippen LogP contribution in [0, 0.1) is 0 Å². The molecule has 1 fully saturated rings. The summed E-state index contributed by atoms with van der Waals surface area (Å²) in [4.78, 5) is 13.7. The van der Waals surface area contributed by atoms with Crippen LogP contribution in [0.4, 0.5) is 5.69 Å². The van der Waals surface area contributed by atoms with Crippen LogP contribution in [0.1, 0.15) is 12.0 Å². The molecule has 1 aliphatic heterocycles. The second-order valence-corrected chi connectivity index (χ2v) is 6.09. The average Bonchev–Trinajstić information content (AvgIpc) is 2.67. The van der Waals surface area contributed by atoms with Crippen LogP contribution < -0.4 is 10.6 Å². The number of carbonyl (C=O) groups is 1. The van der Waals surface area contributed by atoms with Crippen LogP contribution in [-0.4, -0.2) is 38.6 Å². The lowest BCUT2D eigenvalue weighted by atomic mass is 10.00. The first-order valence-electron chi connectivity index (χ1n) is 8.50. The van der Waals surface area contributed by atoms with Gasteiger partial charge in [0.15, 0.2) is 0 Å². The summed E-state index contributed by atoms with van der Waals surface area (Å²) in [6.45, 7) is 3.62. The minimum Gasteiger partial charge on any atom is -0.378 e. The molecule has 0 aliphatic carbocycles. The Morgan fingerprint density at radius 2 is 1.79 bits per heavy atom. The third-order valence-electron chi connectivity index (χ3n) is 4.42. The van der Waals surface area contributed by atoms with E-state index in [-0.39, 0.29) is 12.3 Å². The molecular formula is C20H24N2O2. The number of ketones is 1. The van der Waals surface area contributed by atoms with Gasteiger partial charge in [-0.25, -0.2) is 0 Å². The molecule has 4 nitrogen and oxygen atoms in total. The van der Waals surface area contributed by atoms with E-state index in [1.807, 2.05) is 6.07 Å². The third kappa shape index (κ3) is 4.22. The van der Waals surface area contributed by atoms with E-state index in [1.54, 1.807) is 0 Å². The highest BCUT2D eigenvalue weighted by Crippen LogP contribution is 2.25. The predicted molar refractivity (Wildman–Crippen MR) is 97.3 cm³/mol. The lowest BCUT2D eigenvalue weighted by molar-refractivity contribution is -0.117. The van der Waals surface area contributed by atoms with Gasteiger partial charge in [-0.3, -0.25) is 4.79 Å². The number of anilines is 1. The maximum Gasteiger partial charge on any atom is 0.146 e. The first kappa shape index (κ1) is 16.7. The van der Waals surface area contributed by atoms with Gasteiger partial charge in [-0.2, -0.15) is 0 Å². The van der Waals surface area contributed by atoms with E-state index < -0.39 is 0 Å². The zero-order valence-corrected chi connectivity index (χ0v) is 13.9. The van der Waals surface area contributed by atoms with Crippen LogP contribution in [0.3, 0.4) is 0 Å². The molecule has 0 unspecified atom stereocenters. The highest BCUT2D eigenvalue weighted by atomic mass is 16.5. The van der Waals surface area contributed by atoms with Gasteiger partial charge in [0.2, 0.25) is 0 Å². The Balaban J connectivity index is 1.70. The van der Waals surface area contributed by atoms with Crippen molar-refractivity contribution in [1.29, 1.82) is 0 Å². The van der Waals surface area contributed by atoms with Crippen LogP contribution in [-0.2, 0) is 16.0 Å². The molecule has 0 aromatic heterocycles. The Kier molecular flexibility index (Phi) is 5.62. The Morgan fingerprint density at radius 3 is 2.50 bits per heavy atom. The maximum atomic E-state index is 11.4. The zero-order chi connectivity index (χ0) is 16.8. The van der Waals surface area contributed by atoms with Gasteiger partial charge in [0, 0.05) is 25.2 Å². The smallest absolute Gasteiger partial charge is 0.146 e. The van der Waals surface area contributed by atoms with Gasteiger partial charge in [0.05, 0.1) is 19.8 Å². The third-order valence-corrected chi connectivity index (χ3v) is 4.42. The molecule has 0 saturated carbocycles. The number of rotatable bonds is 6. The SMILES string of the molecule is NCC(=O)CCc1cccc(-c2ccc(N3CCOCC3)cc2)c1. The molecule has 0 radical (unpaired) electrons. The summed E-state index contributed by atoms with van der Waals surface area (Å²) in [7, 11) is 0. The fourth-order valence-electron chi connectivity index (χ4n) is 2.98. The second kappa shape index (κ2) is 8.08. The van der Waals surface area contributed by atoms with Gasteiger partial charge in [-0.1, -0.05) is 36.4 Å². The molecule has 2 aromatic carbocycles. The van der Waals surface area contributed by atoms with E-state index in [9.17, 15) is 4.79 Å².